The van der Waals surface area contributed by atoms with Crippen LogP contribution in [0.2, 0.25) is 0 Å². The molecule has 7 aromatic rings. The Morgan fingerprint density at radius 3 is 1.04 bits per heavy atom. The molecular weight excluding hydrogens is 1010 g/mol. The maximum Gasteiger partial charge on any atom is 0.243 e. The summed E-state index contributed by atoms with van der Waals surface area (Å²) in [5.74, 6) is -36.1. The number of hydrogen-bond donors (Lipinski definition) is 5. The Hall–Kier alpha value is -7.72. The van der Waals surface area contributed by atoms with Gasteiger partial charge in [0.05, 0.1) is 63.2 Å². The summed E-state index contributed by atoms with van der Waals surface area (Å²) in [5, 5.41) is 0. The minimum atomic E-state index is -5.27. The van der Waals surface area contributed by atoms with Gasteiger partial charge in [-0.3, -0.25) is 0 Å². The Labute approximate surface area is 380 Å². The number of terminal acetylenes is 2. The third kappa shape index (κ3) is 7.48. The van der Waals surface area contributed by atoms with E-state index >= 15 is 52.7 Å². The van der Waals surface area contributed by atoms with Crippen LogP contribution < -0.4 is 9.44 Å². The lowest BCUT2D eigenvalue weighted by Gasteiger charge is -2.11. The number of fused-ring (bicyclic) bond motifs is 9. The van der Waals surface area contributed by atoms with Crippen molar-refractivity contribution in [2.45, 2.75) is 9.79 Å². The van der Waals surface area contributed by atoms with Crippen LogP contribution in [0.5, 0.6) is 0 Å². The normalized spacial score (nSPS) is 12.3. The van der Waals surface area contributed by atoms with E-state index in [0.29, 0.717) is 36.4 Å². The van der Waals surface area contributed by atoms with E-state index in [0.717, 1.165) is 0 Å². The van der Waals surface area contributed by atoms with Gasteiger partial charge in [-0.1, -0.05) is 11.8 Å². The Kier molecular flexibility index (Phi) is 12.1. The van der Waals surface area contributed by atoms with E-state index in [1.807, 2.05) is 21.3 Å². The van der Waals surface area contributed by atoms with Crippen LogP contribution in [-0.4, -0.2) is 49.9 Å². The Morgan fingerprint density at radius 2 is 0.700 bits per heavy atom. The van der Waals surface area contributed by atoms with Crippen LogP contribution in [0.1, 0.15) is 11.4 Å². The van der Waals surface area contributed by atoms with Crippen molar-refractivity contribution in [3.8, 4) is 58.1 Å². The molecule has 0 fully saturated rings. The summed E-state index contributed by atoms with van der Waals surface area (Å²) in [5.41, 5.74) is -18.2. The number of aromatic nitrogens is 4. The second-order valence-electron chi connectivity index (χ2n) is 14.4. The number of nitrogens with zero attached hydrogens (tertiary/aromatic N) is 1. The zero-order valence-corrected chi connectivity index (χ0v) is 35.2. The second kappa shape index (κ2) is 17.4. The van der Waals surface area contributed by atoms with Crippen molar-refractivity contribution in [3.05, 3.63) is 123 Å². The first-order valence-electron chi connectivity index (χ1n) is 18.7. The van der Waals surface area contributed by atoms with E-state index in [9.17, 15) is 30.0 Å². The number of H-pyrrole nitrogens is 3. The molecule has 27 heteroatoms. The molecular formula is C43H17F15N6O4S2. The van der Waals surface area contributed by atoms with Crippen LogP contribution >= 0.6 is 0 Å². The van der Waals surface area contributed by atoms with Crippen molar-refractivity contribution in [1.82, 2.24) is 29.4 Å². The SMILES string of the molecule is C#CCNS(=O)(=O)c1cc2[nH]c1c1[nH]c(cc1S(=O)(=O)NCC#C)c(-c1c(F)c(F)c(F)c(F)c1F)c1ccc([nH]1)c(-c1c(F)c(F)c(F)c(F)c1F)c1nc(c2-c2c(F)c(F)c(F)c(F)c2F)C=C1. The van der Waals surface area contributed by atoms with Crippen molar-refractivity contribution in [3.63, 3.8) is 0 Å². The number of aromatic amines is 3. The van der Waals surface area contributed by atoms with Gasteiger partial charge in [-0.25, -0.2) is 87.7 Å². The quantitative estimate of drug-likeness (QED) is 0.0422. The van der Waals surface area contributed by atoms with Gasteiger partial charge in [-0.2, -0.15) is 9.44 Å². The topological polar surface area (TPSA) is 153 Å². The fourth-order valence-electron chi connectivity index (χ4n) is 7.38. The van der Waals surface area contributed by atoms with Crippen LogP contribution in [0.4, 0.5) is 65.9 Å². The lowest BCUT2D eigenvalue weighted by atomic mass is 10.0. The lowest BCUT2D eigenvalue weighted by Crippen LogP contribution is -2.24. The van der Waals surface area contributed by atoms with Crippen LogP contribution in [0.15, 0.2) is 34.1 Å². The third-order valence-corrected chi connectivity index (χ3v) is 13.3. The molecule has 360 valence electrons. The molecule has 0 spiro atoms. The molecule has 4 aromatic heterocycles. The minimum absolute atomic E-state index is 0.368. The highest BCUT2D eigenvalue weighted by Gasteiger charge is 2.35. The fraction of sp³-hybridized carbons (Fsp3) is 0.0465. The van der Waals surface area contributed by atoms with Crippen molar-refractivity contribution >= 4 is 65.3 Å². The summed E-state index contributed by atoms with van der Waals surface area (Å²) < 4.78 is 290. The first-order chi connectivity index (χ1) is 32.9. The number of sulfonamides is 2. The molecule has 5 heterocycles. The first kappa shape index (κ1) is 48.7. The van der Waals surface area contributed by atoms with Gasteiger partial charge in [0, 0.05) is 27.7 Å². The molecule has 0 amide bonds. The average molecular weight is 1030 g/mol. The van der Waals surface area contributed by atoms with Crippen molar-refractivity contribution < 1.29 is 82.7 Å². The highest BCUT2D eigenvalue weighted by molar-refractivity contribution is 7.90. The molecule has 0 saturated heterocycles. The van der Waals surface area contributed by atoms with Crippen LogP contribution in [0.3, 0.4) is 0 Å². The van der Waals surface area contributed by atoms with Gasteiger partial charge in [0.25, 0.3) is 0 Å². The summed E-state index contributed by atoms with van der Waals surface area (Å²) in [7, 11) is -10.5. The molecule has 70 heavy (non-hydrogen) atoms. The maximum atomic E-state index is 16.0. The molecule has 0 saturated carbocycles. The highest BCUT2D eigenvalue weighted by Crippen LogP contribution is 2.44. The van der Waals surface area contributed by atoms with Crippen LogP contribution in [0, 0.1) is 112 Å². The molecule has 0 atom stereocenters. The maximum absolute atomic E-state index is 16.0. The molecule has 3 aromatic carbocycles. The Balaban J connectivity index is 1.78. The van der Waals surface area contributed by atoms with E-state index in [-0.39, 0.29) is 0 Å². The number of halogens is 15. The fourth-order valence-corrected chi connectivity index (χ4v) is 9.63. The summed E-state index contributed by atoms with van der Waals surface area (Å²) >= 11 is 0. The molecule has 5 N–H and O–H groups in total. The van der Waals surface area contributed by atoms with Gasteiger partial charge in [0.2, 0.25) is 37.5 Å². The number of hydrogen-bond acceptors (Lipinski definition) is 5. The smallest absolute Gasteiger partial charge is 0.243 e. The van der Waals surface area contributed by atoms with Gasteiger partial charge < -0.3 is 15.0 Å². The summed E-state index contributed by atoms with van der Waals surface area (Å²) in [6, 6.07) is 2.02. The van der Waals surface area contributed by atoms with Gasteiger partial charge in [-0.15, -0.1) is 12.8 Å². The zero-order chi connectivity index (χ0) is 51.2. The predicted octanol–water partition coefficient (Wildman–Crippen LogP) is 9.61. The van der Waals surface area contributed by atoms with E-state index in [1.165, 1.54) is 0 Å². The van der Waals surface area contributed by atoms with Gasteiger partial charge in [-0.05, 0) is 36.4 Å². The van der Waals surface area contributed by atoms with E-state index in [4.69, 9.17) is 12.8 Å². The molecule has 10 nitrogen and oxygen atoms in total. The predicted molar refractivity (Wildman–Crippen MR) is 219 cm³/mol. The first-order valence-corrected chi connectivity index (χ1v) is 21.7. The molecule has 0 unspecified atom stereocenters. The summed E-state index contributed by atoms with van der Waals surface area (Å²) in [6.07, 6.45) is 11.6. The minimum Gasteiger partial charge on any atom is -0.354 e. The van der Waals surface area contributed by atoms with Gasteiger partial charge >= 0.3 is 0 Å². The van der Waals surface area contributed by atoms with Gasteiger partial charge in [0.15, 0.2) is 69.8 Å². The van der Waals surface area contributed by atoms with Gasteiger partial charge in [0.1, 0.15) is 9.79 Å². The summed E-state index contributed by atoms with van der Waals surface area (Å²) in [4.78, 5) is 8.23. The number of rotatable bonds is 9. The van der Waals surface area contributed by atoms with Crippen molar-refractivity contribution in [1.29, 1.82) is 0 Å². The van der Waals surface area contributed by atoms with Crippen molar-refractivity contribution in [2.24, 2.45) is 0 Å². The van der Waals surface area contributed by atoms with E-state index < -0.39 is 208 Å². The molecule has 0 aliphatic carbocycles. The molecule has 1 aliphatic rings. The van der Waals surface area contributed by atoms with Crippen molar-refractivity contribution in [2.75, 3.05) is 13.1 Å². The lowest BCUT2D eigenvalue weighted by molar-refractivity contribution is 0.381. The monoisotopic (exact) mass is 1030 g/mol. The second-order valence-corrected chi connectivity index (χ2v) is 17.8. The summed E-state index contributed by atoms with van der Waals surface area (Å²) in [6.45, 7) is -1.78. The molecule has 0 radical (unpaired) electrons. The standard InChI is InChI=1S/C43H17F15N6O4S2/c1-3-9-59-69(65,66)19-11-17-22(25-29(46)35(52)40(57)36(53)30(25)47)15-7-5-13(61-15)21(24-27(44)33(50)39(56)34(51)28(24)45)14-6-8-16(62-14)23(26-31(48)37(54)41(58)38(55)32(26)49)18-12-20(43(64-18)42(19)63-17)70(67,68)60-10-4-2/h1-2,5-8,11-12,59-61,63-64H,9-10H2. The molecule has 8 bridgehead atoms. The number of benzene rings is 3. The average Bonchev–Trinajstić information content (AvgIpc) is 4.18. The van der Waals surface area contributed by atoms with E-state index in [1.54, 1.807) is 0 Å². The molecule has 8 rings (SSSR count). The Bertz CT molecular complexity index is 3900. The third-order valence-electron chi connectivity index (χ3n) is 10.4. The van der Waals surface area contributed by atoms with E-state index in [2.05, 4.69) is 19.9 Å². The van der Waals surface area contributed by atoms with Crippen LogP contribution in [0.25, 0.3) is 78.6 Å². The molecule has 1 aliphatic heterocycles. The largest absolute Gasteiger partial charge is 0.354 e. The number of nitrogens with one attached hydrogen (secondary N) is 5. The highest BCUT2D eigenvalue weighted by atomic mass is 32.2. The Morgan fingerprint density at radius 1 is 0.414 bits per heavy atom. The zero-order valence-electron chi connectivity index (χ0n) is 33.6. The van der Waals surface area contributed by atoms with Crippen LogP contribution in [-0.2, 0) is 20.0 Å².